The van der Waals surface area contributed by atoms with Crippen molar-refractivity contribution in [2.75, 3.05) is 34.5 Å². The number of hydrogen-bond acceptors (Lipinski definition) is 6. The highest BCUT2D eigenvalue weighted by atomic mass is 16.5. The van der Waals surface area contributed by atoms with Crippen LogP contribution in [0.15, 0.2) is 18.2 Å². The van der Waals surface area contributed by atoms with Crippen molar-refractivity contribution in [3.63, 3.8) is 0 Å². The Bertz CT molecular complexity index is 763. The number of piperidine rings is 1. The molecule has 0 bridgehead atoms. The smallest absolute Gasteiger partial charge is 0.331 e. The second-order valence-electron chi connectivity index (χ2n) is 7.74. The molecule has 7 nitrogen and oxygen atoms in total. The zero-order chi connectivity index (χ0) is 21.5. The molecule has 0 unspecified atom stereocenters. The molecule has 164 valence electrons. The first-order valence-corrected chi connectivity index (χ1v) is 10.5. The van der Waals surface area contributed by atoms with Gasteiger partial charge in [-0.1, -0.05) is 12.8 Å². The molecular formula is C23H31NO6. The Morgan fingerprint density at radius 3 is 2.33 bits per heavy atom. The molecule has 0 spiro atoms. The van der Waals surface area contributed by atoms with E-state index in [2.05, 4.69) is 0 Å². The molecule has 2 atom stereocenters. The molecule has 1 amide bonds. The van der Waals surface area contributed by atoms with Gasteiger partial charge in [0.05, 0.1) is 21.3 Å². The molecule has 0 N–H and O–H groups in total. The third-order valence-corrected chi connectivity index (χ3v) is 6.00. The quantitative estimate of drug-likeness (QED) is 0.500. The van der Waals surface area contributed by atoms with E-state index in [0.29, 0.717) is 34.8 Å². The van der Waals surface area contributed by atoms with Crippen molar-refractivity contribution in [2.24, 2.45) is 5.92 Å². The number of rotatable bonds is 7. The number of hydrogen-bond donors (Lipinski definition) is 0. The van der Waals surface area contributed by atoms with Crippen LogP contribution in [0.1, 0.15) is 44.1 Å². The van der Waals surface area contributed by atoms with Crippen LogP contribution in [0.3, 0.4) is 0 Å². The van der Waals surface area contributed by atoms with E-state index in [1.165, 1.54) is 53.1 Å². The Morgan fingerprint density at radius 1 is 1.00 bits per heavy atom. The van der Waals surface area contributed by atoms with Crippen LogP contribution in [-0.2, 0) is 14.3 Å². The highest BCUT2D eigenvalue weighted by Crippen LogP contribution is 2.38. The Labute approximate surface area is 177 Å². The predicted octanol–water partition coefficient (Wildman–Crippen LogP) is 3.45. The van der Waals surface area contributed by atoms with Gasteiger partial charge in [0, 0.05) is 18.7 Å². The zero-order valence-electron chi connectivity index (χ0n) is 18.0. The number of likely N-dealkylation sites (tertiary alicyclic amines) is 1. The standard InChI is InChI=1S/C23H31NO6/c1-27-19-13-16(14-20(28-2)23(19)29-3)10-11-22(26)30-15-21(25)24-12-6-8-17-7-4-5-9-18(17)24/h10-11,13-14,17-18H,4-9,12,15H2,1-3H3/b11-10+/t17-,18+/m1/s1. The number of ether oxygens (including phenoxy) is 4. The lowest BCUT2D eigenvalue weighted by atomic mass is 9.78. The van der Waals surface area contributed by atoms with E-state index in [1.54, 1.807) is 18.2 Å². The molecule has 1 aliphatic carbocycles. The summed E-state index contributed by atoms with van der Waals surface area (Å²) in [5, 5.41) is 0. The van der Waals surface area contributed by atoms with Crippen LogP contribution < -0.4 is 14.2 Å². The second-order valence-corrected chi connectivity index (χ2v) is 7.74. The number of amides is 1. The van der Waals surface area contributed by atoms with Gasteiger partial charge in [0.25, 0.3) is 5.91 Å². The molecule has 1 aliphatic heterocycles. The molecule has 0 radical (unpaired) electrons. The monoisotopic (exact) mass is 417 g/mol. The van der Waals surface area contributed by atoms with Crippen LogP contribution in [0.25, 0.3) is 6.08 Å². The van der Waals surface area contributed by atoms with Crippen molar-refractivity contribution in [3.8, 4) is 17.2 Å². The fraction of sp³-hybridized carbons (Fsp3) is 0.565. The average molecular weight is 418 g/mol. The summed E-state index contributed by atoms with van der Waals surface area (Å²) in [6.07, 6.45) is 9.81. The van der Waals surface area contributed by atoms with Crippen LogP contribution in [-0.4, -0.2) is 57.3 Å². The summed E-state index contributed by atoms with van der Waals surface area (Å²) in [6, 6.07) is 3.77. The summed E-state index contributed by atoms with van der Waals surface area (Å²) < 4.78 is 21.1. The third-order valence-electron chi connectivity index (χ3n) is 6.00. The molecule has 30 heavy (non-hydrogen) atoms. The van der Waals surface area contributed by atoms with Crippen molar-refractivity contribution in [1.29, 1.82) is 0 Å². The van der Waals surface area contributed by atoms with E-state index in [0.717, 1.165) is 19.4 Å². The molecular weight excluding hydrogens is 386 g/mol. The van der Waals surface area contributed by atoms with E-state index in [-0.39, 0.29) is 12.5 Å². The van der Waals surface area contributed by atoms with Crippen molar-refractivity contribution in [1.82, 2.24) is 4.90 Å². The van der Waals surface area contributed by atoms with E-state index in [1.807, 2.05) is 4.90 Å². The molecule has 1 aromatic rings. The van der Waals surface area contributed by atoms with Gasteiger partial charge in [0.2, 0.25) is 5.75 Å². The fourth-order valence-corrected chi connectivity index (χ4v) is 4.56. The van der Waals surface area contributed by atoms with Gasteiger partial charge in [-0.2, -0.15) is 0 Å². The Hall–Kier alpha value is -2.70. The summed E-state index contributed by atoms with van der Waals surface area (Å²) in [5.74, 6) is 1.41. The maximum atomic E-state index is 12.6. The van der Waals surface area contributed by atoms with Gasteiger partial charge in [-0.3, -0.25) is 4.79 Å². The van der Waals surface area contributed by atoms with Gasteiger partial charge in [-0.15, -0.1) is 0 Å². The predicted molar refractivity (Wildman–Crippen MR) is 113 cm³/mol. The molecule has 1 saturated carbocycles. The van der Waals surface area contributed by atoms with Gasteiger partial charge in [-0.05, 0) is 55.4 Å². The van der Waals surface area contributed by atoms with Gasteiger partial charge in [-0.25, -0.2) is 4.79 Å². The Morgan fingerprint density at radius 2 is 1.67 bits per heavy atom. The average Bonchev–Trinajstić information content (AvgIpc) is 2.79. The Kier molecular flexibility index (Phi) is 7.60. The summed E-state index contributed by atoms with van der Waals surface area (Å²) in [6.45, 7) is 0.542. The summed E-state index contributed by atoms with van der Waals surface area (Å²) in [4.78, 5) is 26.7. The topological polar surface area (TPSA) is 74.3 Å². The number of fused-ring (bicyclic) bond motifs is 1. The molecule has 1 aromatic carbocycles. The molecule has 7 heteroatoms. The van der Waals surface area contributed by atoms with Crippen molar-refractivity contribution >= 4 is 18.0 Å². The number of carbonyl (C=O) groups excluding carboxylic acids is 2. The van der Waals surface area contributed by atoms with Crippen molar-refractivity contribution in [2.45, 2.75) is 44.6 Å². The van der Waals surface area contributed by atoms with Gasteiger partial charge in [0.15, 0.2) is 18.1 Å². The number of methoxy groups -OCH3 is 3. The first-order chi connectivity index (χ1) is 14.6. The molecule has 2 aliphatic rings. The number of nitrogens with zero attached hydrogens (tertiary/aromatic N) is 1. The lowest BCUT2D eigenvalue weighted by Crippen LogP contribution is -2.50. The third kappa shape index (κ3) is 5.07. The normalized spacial score (nSPS) is 21.1. The molecule has 0 aromatic heterocycles. The van der Waals surface area contributed by atoms with E-state index in [4.69, 9.17) is 18.9 Å². The Balaban J connectivity index is 1.58. The van der Waals surface area contributed by atoms with E-state index < -0.39 is 5.97 Å². The number of esters is 1. The van der Waals surface area contributed by atoms with Crippen molar-refractivity contribution in [3.05, 3.63) is 23.8 Å². The second kappa shape index (κ2) is 10.4. The van der Waals surface area contributed by atoms with E-state index in [9.17, 15) is 9.59 Å². The minimum atomic E-state index is -0.561. The van der Waals surface area contributed by atoms with Gasteiger partial charge < -0.3 is 23.8 Å². The SMILES string of the molecule is COc1cc(/C=C/C(=O)OCC(=O)N2CCC[C@H]3CCCC[C@@H]32)cc(OC)c1OC. The highest BCUT2D eigenvalue weighted by molar-refractivity contribution is 5.89. The van der Waals surface area contributed by atoms with Gasteiger partial charge in [0.1, 0.15) is 0 Å². The molecule has 1 heterocycles. The minimum absolute atomic E-state index is 0.0962. The number of benzene rings is 1. The largest absolute Gasteiger partial charge is 0.493 e. The minimum Gasteiger partial charge on any atom is -0.493 e. The molecule has 2 fully saturated rings. The van der Waals surface area contributed by atoms with Crippen LogP contribution in [0.5, 0.6) is 17.2 Å². The van der Waals surface area contributed by atoms with Crippen LogP contribution in [0, 0.1) is 5.92 Å². The van der Waals surface area contributed by atoms with Crippen LogP contribution in [0.2, 0.25) is 0 Å². The molecule has 3 rings (SSSR count). The summed E-state index contributed by atoms with van der Waals surface area (Å²) in [5.41, 5.74) is 0.689. The highest BCUT2D eigenvalue weighted by Gasteiger charge is 2.35. The lowest BCUT2D eigenvalue weighted by molar-refractivity contribution is -0.151. The fourth-order valence-electron chi connectivity index (χ4n) is 4.56. The van der Waals surface area contributed by atoms with Crippen LogP contribution >= 0.6 is 0 Å². The first kappa shape index (κ1) is 22.0. The maximum absolute atomic E-state index is 12.6. The maximum Gasteiger partial charge on any atom is 0.331 e. The number of carbonyl (C=O) groups is 2. The first-order valence-electron chi connectivity index (χ1n) is 10.5. The van der Waals surface area contributed by atoms with Gasteiger partial charge >= 0.3 is 5.97 Å². The summed E-state index contributed by atoms with van der Waals surface area (Å²) >= 11 is 0. The lowest BCUT2D eigenvalue weighted by Gasteiger charge is -2.44. The zero-order valence-corrected chi connectivity index (χ0v) is 18.0. The van der Waals surface area contributed by atoms with Crippen molar-refractivity contribution < 1.29 is 28.5 Å². The summed E-state index contributed by atoms with van der Waals surface area (Å²) in [7, 11) is 4.59. The van der Waals surface area contributed by atoms with E-state index >= 15 is 0 Å². The van der Waals surface area contributed by atoms with Crippen LogP contribution in [0.4, 0.5) is 0 Å². The molecule has 1 saturated heterocycles.